The molecule has 16 heavy (non-hydrogen) atoms. The molecule has 0 heterocycles. The first kappa shape index (κ1) is 15.4. The van der Waals surface area contributed by atoms with E-state index in [1.807, 2.05) is 27.7 Å². The van der Waals surface area contributed by atoms with E-state index in [1.54, 1.807) is 0 Å². The van der Waals surface area contributed by atoms with Crippen LogP contribution >= 0.6 is 0 Å². The monoisotopic (exact) mass is 230 g/mol. The Morgan fingerprint density at radius 2 is 1.88 bits per heavy atom. The van der Waals surface area contributed by atoms with Gasteiger partial charge in [0, 0.05) is 12.1 Å². The molecule has 0 aliphatic rings. The van der Waals surface area contributed by atoms with Gasteiger partial charge in [-0.05, 0) is 46.6 Å². The van der Waals surface area contributed by atoms with Crippen LogP contribution in [0, 0.1) is 5.92 Å². The van der Waals surface area contributed by atoms with E-state index < -0.39 is 0 Å². The van der Waals surface area contributed by atoms with Crippen molar-refractivity contribution in [2.75, 3.05) is 13.2 Å². The number of hydrogen-bond donors (Lipinski definition) is 3. The van der Waals surface area contributed by atoms with Crippen molar-refractivity contribution in [3.8, 4) is 0 Å². The third-order valence-corrected chi connectivity index (χ3v) is 2.29. The minimum Gasteiger partial charge on any atom is -0.396 e. The second kappa shape index (κ2) is 6.86. The van der Waals surface area contributed by atoms with Crippen LogP contribution in [0.4, 0.5) is 0 Å². The molecule has 4 heteroatoms. The molecule has 0 fully saturated rings. The number of rotatable bonds is 6. The van der Waals surface area contributed by atoms with Gasteiger partial charge >= 0.3 is 0 Å². The molecule has 0 saturated heterocycles. The van der Waals surface area contributed by atoms with Gasteiger partial charge in [0.1, 0.15) is 0 Å². The highest BCUT2D eigenvalue weighted by Crippen LogP contribution is 2.01. The number of hydrogen-bond acceptors (Lipinski definition) is 3. The quantitative estimate of drug-likeness (QED) is 0.635. The number of amides is 1. The van der Waals surface area contributed by atoms with Gasteiger partial charge in [-0.2, -0.15) is 0 Å². The van der Waals surface area contributed by atoms with Gasteiger partial charge in [0.05, 0.1) is 6.04 Å². The molecule has 0 spiro atoms. The van der Waals surface area contributed by atoms with Crippen LogP contribution in [-0.4, -0.2) is 35.7 Å². The Morgan fingerprint density at radius 1 is 1.31 bits per heavy atom. The summed E-state index contributed by atoms with van der Waals surface area (Å²) < 4.78 is 0. The van der Waals surface area contributed by atoms with E-state index in [-0.39, 0.29) is 24.1 Å². The molecule has 1 amide bonds. The minimum absolute atomic E-state index is 0.0173. The lowest BCUT2D eigenvalue weighted by Crippen LogP contribution is -2.50. The zero-order valence-electron chi connectivity index (χ0n) is 11.1. The smallest absolute Gasteiger partial charge is 0.237 e. The number of nitrogens with one attached hydrogen (secondary N) is 2. The van der Waals surface area contributed by atoms with Gasteiger partial charge < -0.3 is 15.7 Å². The fraction of sp³-hybridized carbons (Fsp3) is 0.917. The van der Waals surface area contributed by atoms with Crippen molar-refractivity contribution >= 4 is 5.91 Å². The summed E-state index contributed by atoms with van der Waals surface area (Å²) in [7, 11) is 0. The minimum atomic E-state index is -0.194. The molecule has 0 bridgehead atoms. The Labute approximate surface area is 98.8 Å². The summed E-state index contributed by atoms with van der Waals surface area (Å²) in [6.45, 7) is 10.7. The van der Waals surface area contributed by atoms with Gasteiger partial charge in [0.15, 0.2) is 0 Å². The summed E-state index contributed by atoms with van der Waals surface area (Å²) >= 11 is 0. The highest BCUT2D eigenvalue weighted by Gasteiger charge is 2.18. The molecule has 0 aromatic heterocycles. The molecule has 0 radical (unpaired) electrons. The first-order valence-electron chi connectivity index (χ1n) is 5.92. The molecule has 0 rings (SSSR count). The van der Waals surface area contributed by atoms with Gasteiger partial charge in [-0.1, -0.05) is 6.92 Å². The zero-order valence-corrected chi connectivity index (χ0v) is 11.1. The van der Waals surface area contributed by atoms with Crippen LogP contribution < -0.4 is 10.6 Å². The van der Waals surface area contributed by atoms with Crippen LogP contribution in [0.15, 0.2) is 0 Å². The van der Waals surface area contributed by atoms with Gasteiger partial charge in [-0.3, -0.25) is 4.79 Å². The van der Waals surface area contributed by atoms with E-state index in [0.717, 1.165) is 13.0 Å². The highest BCUT2D eigenvalue weighted by atomic mass is 16.3. The second-order valence-electron chi connectivity index (χ2n) is 5.49. The SMILES string of the molecule is CC(CCO)CNC(C)C(=O)NC(C)(C)C. The van der Waals surface area contributed by atoms with Crippen LogP contribution in [0.1, 0.15) is 41.0 Å². The lowest BCUT2D eigenvalue weighted by atomic mass is 10.1. The fourth-order valence-corrected chi connectivity index (χ4v) is 1.27. The van der Waals surface area contributed by atoms with E-state index in [2.05, 4.69) is 17.6 Å². The topological polar surface area (TPSA) is 61.4 Å². The normalized spacial score (nSPS) is 15.6. The number of carbonyl (C=O) groups excluding carboxylic acids is 1. The average molecular weight is 230 g/mol. The molecule has 2 atom stereocenters. The molecule has 0 aliphatic heterocycles. The summed E-state index contributed by atoms with van der Waals surface area (Å²) in [4.78, 5) is 11.7. The maximum atomic E-state index is 11.7. The molecular formula is C12H26N2O2. The molecule has 3 N–H and O–H groups in total. The summed E-state index contributed by atoms with van der Waals surface area (Å²) in [5.41, 5.74) is -0.191. The van der Waals surface area contributed by atoms with Crippen molar-refractivity contribution in [2.24, 2.45) is 5.92 Å². The Kier molecular flexibility index (Phi) is 6.60. The van der Waals surface area contributed by atoms with E-state index in [1.165, 1.54) is 0 Å². The molecule has 0 aliphatic carbocycles. The Bertz CT molecular complexity index is 212. The number of aliphatic hydroxyl groups is 1. The van der Waals surface area contributed by atoms with Crippen molar-refractivity contribution in [3.63, 3.8) is 0 Å². The maximum Gasteiger partial charge on any atom is 0.237 e. The van der Waals surface area contributed by atoms with Gasteiger partial charge in [-0.25, -0.2) is 0 Å². The predicted molar refractivity (Wildman–Crippen MR) is 66.2 cm³/mol. The highest BCUT2D eigenvalue weighted by molar-refractivity contribution is 5.81. The standard InChI is InChI=1S/C12H26N2O2/c1-9(6-7-15)8-13-10(2)11(16)14-12(3,4)5/h9-10,13,15H,6-8H2,1-5H3,(H,14,16). The summed E-state index contributed by atoms with van der Waals surface area (Å²) in [6, 6.07) is -0.194. The fourth-order valence-electron chi connectivity index (χ4n) is 1.27. The van der Waals surface area contributed by atoms with E-state index in [4.69, 9.17) is 5.11 Å². The van der Waals surface area contributed by atoms with Gasteiger partial charge in [0.25, 0.3) is 0 Å². The lowest BCUT2D eigenvalue weighted by molar-refractivity contribution is -0.124. The maximum absolute atomic E-state index is 11.7. The Balaban J connectivity index is 3.88. The van der Waals surface area contributed by atoms with E-state index >= 15 is 0 Å². The molecular weight excluding hydrogens is 204 g/mol. The van der Waals surface area contributed by atoms with E-state index in [0.29, 0.717) is 5.92 Å². The first-order chi connectivity index (χ1) is 7.26. The van der Waals surface area contributed by atoms with Crippen LogP contribution in [0.3, 0.4) is 0 Å². The summed E-state index contributed by atoms with van der Waals surface area (Å²) in [5.74, 6) is 0.401. The largest absolute Gasteiger partial charge is 0.396 e. The van der Waals surface area contributed by atoms with Crippen molar-refractivity contribution in [2.45, 2.75) is 52.6 Å². The molecule has 96 valence electrons. The predicted octanol–water partition coefficient (Wildman–Crippen LogP) is 0.898. The first-order valence-corrected chi connectivity index (χ1v) is 5.92. The molecule has 2 unspecified atom stereocenters. The van der Waals surface area contributed by atoms with E-state index in [9.17, 15) is 4.79 Å². The van der Waals surface area contributed by atoms with Gasteiger partial charge in [-0.15, -0.1) is 0 Å². The molecule has 4 nitrogen and oxygen atoms in total. The second-order valence-corrected chi connectivity index (χ2v) is 5.49. The third kappa shape index (κ3) is 7.65. The third-order valence-electron chi connectivity index (χ3n) is 2.29. The van der Waals surface area contributed by atoms with Crippen molar-refractivity contribution in [1.82, 2.24) is 10.6 Å². The average Bonchev–Trinajstić information content (AvgIpc) is 2.11. The Hall–Kier alpha value is -0.610. The van der Waals surface area contributed by atoms with Crippen LogP contribution in [0.5, 0.6) is 0 Å². The van der Waals surface area contributed by atoms with Crippen LogP contribution in [-0.2, 0) is 4.79 Å². The van der Waals surface area contributed by atoms with Crippen molar-refractivity contribution in [1.29, 1.82) is 0 Å². The molecule has 0 saturated carbocycles. The van der Waals surface area contributed by atoms with Gasteiger partial charge in [0.2, 0.25) is 5.91 Å². The van der Waals surface area contributed by atoms with Crippen LogP contribution in [0.2, 0.25) is 0 Å². The number of aliphatic hydroxyl groups excluding tert-OH is 1. The van der Waals surface area contributed by atoms with Crippen molar-refractivity contribution in [3.05, 3.63) is 0 Å². The zero-order chi connectivity index (χ0) is 12.8. The lowest BCUT2D eigenvalue weighted by Gasteiger charge is -2.24. The molecule has 0 aromatic carbocycles. The number of carbonyl (C=O) groups is 1. The summed E-state index contributed by atoms with van der Waals surface area (Å²) in [6.07, 6.45) is 0.764. The molecule has 0 aromatic rings. The summed E-state index contributed by atoms with van der Waals surface area (Å²) in [5, 5.41) is 14.8. The van der Waals surface area contributed by atoms with Crippen molar-refractivity contribution < 1.29 is 9.90 Å². The van der Waals surface area contributed by atoms with Crippen LogP contribution in [0.25, 0.3) is 0 Å². The Morgan fingerprint density at radius 3 is 2.31 bits per heavy atom.